The molecule has 0 aliphatic rings. The lowest BCUT2D eigenvalue weighted by Gasteiger charge is -2.10. The Morgan fingerprint density at radius 3 is 2.76 bits per heavy atom. The Bertz CT molecular complexity index is 1000. The average Bonchev–Trinajstić information content (AvgIpc) is 3.32. The van der Waals surface area contributed by atoms with Crippen molar-refractivity contribution in [3.8, 4) is 0 Å². The first-order chi connectivity index (χ1) is 12.2. The SMILES string of the molecule is O=C(NCc1ccco1)c1cc2sc(Br)cc2n1Cc1ccccc1. The van der Waals surface area contributed by atoms with Crippen molar-refractivity contribution in [2.24, 2.45) is 0 Å². The highest BCUT2D eigenvalue weighted by molar-refractivity contribution is 9.11. The van der Waals surface area contributed by atoms with Gasteiger partial charge in [0.15, 0.2) is 0 Å². The molecule has 0 aliphatic heterocycles. The molecule has 1 N–H and O–H groups in total. The van der Waals surface area contributed by atoms with Crippen LogP contribution in [0.4, 0.5) is 0 Å². The molecule has 0 saturated heterocycles. The topological polar surface area (TPSA) is 47.2 Å². The van der Waals surface area contributed by atoms with Crippen LogP contribution in [-0.2, 0) is 13.1 Å². The van der Waals surface area contributed by atoms with E-state index in [2.05, 4.69) is 44.0 Å². The van der Waals surface area contributed by atoms with Gasteiger partial charge >= 0.3 is 0 Å². The second kappa shape index (κ2) is 6.90. The minimum atomic E-state index is -0.105. The zero-order valence-electron chi connectivity index (χ0n) is 13.2. The second-order valence-electron chi connectivity index (χ2n) is 5.66. The fourth-order valence-corrected chi connectivity index (χ4v) is 4.37. The number of fused-ring (bicyclic) bond motifs is 1. The Kier molecular flexibility index (Phi) is 4.46. The summed E-state index contributed by atoms with van der Waals surface area (Å²) in [7, 11) is 0. The molecular weight excluding hydrogens is 400 g/mol. The van der Waals surface area contributed by atoms with Gasteiger partial charge in [-0.15, -0.1) is 11.3 Å². The lowest BCUT2D eigenvalue weighted by atomic mass is 10.2. The van der Waals surface area contributed by atoms with Crippen molar-refractivity contribution in [3.05, 3.63) is 81.7 Å². The van der Waals surface area contributed by atoms with E-state index < -0.39 is 0 Å². The van der Waals surface area contributed by atoms with Crippen molar-refractivity contribution in [3.63, 3.8) is 0 Å². The van der Waals surface area contributed by atoms with Crippen LogP contribution in [0.1, 0.15) is 21.8 Å². The molecule has 1 amide bonds. The van der Waals surface area contributed by atoms with Crippen LogP contribution in [-0.4, -0.2) is 10.5 Å². The van der Waals surface area contributed by atoms with Gasteiger partial charge in [0.05, 0.1) is 26.8 Å². The number of rotatable bonds is 5. The number of benzene rings is 1. The largest absolute Gasteiger partial charge is 0.467 e. The van der Waals surface area contributed by atoms with Gasteiger partial charge in [0.1, 0.15) is 11.5 Å². The van der Waals surface area contributed by atoms with Crippen molar-refractivity contribution in [2.75, 3.05) is 0 Å². The van der Waals surface area contributed by atoms with Crippen molar-refractivity contribution in [2.45, 2.75) is 13.1 Å². The third kappa shape index (κ3) is 3.41. The Labute approximate surface area is 157 Å². The molecule has 4 aromatic rings. The lowest BCUT2D eigenvalue weighted by molar-refractivity contribution is 0.0939. The number of carbonyl (C=O) groups excluding carboxylic acids is 1. The van der Waals surface area contributed by atoms with E-state index >= 15 is 0 Å². The van der Waals surface area contributed by atoms with Crippen molar-refractivity contribution >= 4 is 43.4 Å². The summed E-state index contributed by atoms with van der Waals surface area (Å²) in [6.07, 6.45) is 1.60. The first-order valence-electron chi connectivity index (χ1n) is 7.84. The second-order valence-corrected chi connectivity index (χ2v) is 8.13. The summed E-state index contributed by atoms with van der Waals surface area (Å²) in [4.78, 5) is 12.7. The fourth-order valence-electron chi connectivity index (χ4n) is 2.81. The predicted molar refractivity (Wildman–Crippen MR) is 103 cm³/mol. The number of amides is 1. The van der Waals surface area contributed by atoms with Gasteiger partial charge in [-0.3, -0.25) is 4.79 Å². The van der Waals surface area contributed by atoms with Gasteiger partial charge in [0.25, 0.3) is 5.91 Å². The summed E-state index contributed by atoms with van der Waals surface area (Å²) in [5, 5.41) is 2.93. The molecule has 126 valence electrons. The first kappa shape index (κ1) is 16.2. The molecule has 0 atom stereocenters. The van der Waals surface area contributed by atoms with E-state index in [9.17, 15) is 4.79 Å². The standard InChI is InChI=1S/C19H15BrN2O2S/c20-18-10-15-17(25-18)9-16(19(23)21-11-14-7-4-8-24-14)22(15)12-13-5-2-1-3-6-13/h1-10H,11-12H2,(H,21,23). The highest BCUT2D eigenvalue weighted by Crippen LogP contribution is 2.33. The zero-order valence-corrected chi connectivity index (χ0v) is 15.6. The van der Waals surface area contributed by atoms with E-state index in [4.69, 9.17) is 4.42 Å². The Hall–Kier alpha value is -2.31. The van der Waals surface area contributed by atoms with Crippen molar-refractivity contribution < 1.29 is 9.21 Å². The van der Waals surface area contributed by atoms with Gasteiger partial charge in [0.2, 0.25) is 0 Å². The minimum Gasteiger partial charge on any atom is -0.467 e. The number of nitrogens with one attached hydrogen (secondary N) is 1. The highest BCUT2D eigenvalue weighted by Gasteiger charge is 2.18. The molecule has 25 heavy (non-hydrogen) atoms. The van der Waals surface area contributed by atoms with Crippen LogP contribution in [0.3, 0.4) is 0 Å². The van der Waals surface area contributed by atoms with Crippen molar-refractivity contribution in [1.82, 2.24) is 9.88 Å². The first-order valence-corrected chi connectivity index (χ1v) is 9.45. The van der Waals surface area contributed by atoms with Crippen LogP contribution in [0, 0.1) is 0 Å². The van der Waals surface area contributed by atoms with E-state index in [1.807, 2.05) is 36.4 Å². The van der Waals surface area contributed by atoms with Crippen LogP contribution < -0.4 is 5.32 Å². The number of thiophene rings is 1. The van der Waals surface area contributed by atoms with Gasteiger partial charge in [-0.05, 0) is 45.8 Å². The summed E-state index contributed by atoms with van der Waals surface area (Å²) >= 11 is 5.16. The molecule has 0 radical (unpaired) electrons. The third-order valence-corrected chi connectivity index (χ3v) is 5.55. The zero-order chi connectivity index (χ0) is 17.2. The molecule has 0 bridgehead atoms. The fraction of sp³-hybridized carbons (Fsp3) is 0.105. The summed E-state index contributed by atoms with van der Waals surface area (Å²) in [5.74, 6) is 0.630. The quantitative estimate of drug-likeness (QED) is 0.497. The van der Waals surface area contributed by atoms with Gasteiger partial charge in [-0.2, -0.15) is 0 Å². The maximum absolute atomic E-state index is 12.7. The summed E-state index contributed by atoms with van der Waals surface area (Å²) < 4.78 is 9.48. The molecule has 3 heterocycles. The maximum atomic E-state index is 12.7. The molecule has 4 nitrogen and oxygen atoms in total. The molecule has 0 spiro atoms. The van der Waals surface area contributed by atoms with E-state index in [-0.39, 0.29) is 5.91 Å². The molecule has 3 aromatic heterocycles. The molecule has 0 unspecified atom stereocenters. The smallest absolute Gasteiger partial charge is 0.268 e. The number of hydrogen-bond donors (Lipinski definition) is 1. The van der Waals surface area contributed by atoms with Gasteiger partial charge in [-0.1, -0.05) is 30.3 Å². The van der Waals surface area contributed by atoms with Crippen LogP contribution in [0.25, 0.3) is 10.2 Å². The molecule has 4 rings (SSSR count). The molecule has 0 fully saturated rings. The van der Waals surface area contributed by atoms with E-state index in [0.717, 1.165) is 25.3 Å². The molecule has 1 aromatic carbocycles. The van der Waals surface area contributed by atoms with Gasteiger partial charge < -0.3 is 14.3 Å². The van der Waals surface area contributed by atoms with E-state index in [1.54, 1.807) is 17.6 Å². The molecule has 0 saturated carbocycles. The Balaban J connectivity index is 1.66. The number of aromatic nitrogens is 1. The monoisotopic (exact) mass is 414 g/mol. The third-order valence-electron chi connectivity index (χ3n) is 3.98. The van der Waals surface area contributed by atoms with E-state index in [1.165, 1.54) is 0 Å². The molecule has 6 heteroatoms. The lowest BCUT2D eigenvalue weighted by Crippen LogP contribution is -2.25. The maximum Gasteiger partial charge on any atom is 0.268 e. The number of nitrogens with zero attached hydrogens (tertiary/aromatic N) is 1. The predicted octanol–water partition coefficient (Wildman–Crippen LogP) is 5.04. The minimum absolute atomic E-state index is 0.105. The highest BCUT2D eigenvalue weighted by atomic mass is 79.9. The number of halogens is 1. The summed E-state index contributed by atoms with van der Waals surface area (Å²) in [6.45, 7) is 1.02. The number of carbonyl (C=O) groups is 1. The molecule has 0 aliphatic carbocycles. The number of hydrogen-bond acceptors (Lipinski definition) is 3. The number of furan rings is 1. The Morgan fingerprint density at radius 1 is 1.16 bits per heavy atom. The van der Waals surface area contributed by atoms with Crippen LogP contribution in [0.15, 0.2) is 69.1 Å². The van der Waals surface area contributed by atoms with Crippen LogP contribution >= 0.6 is 27.3 Å². The molecular formula is C19H15BrN2O2S. The van der Waals surface area contributed by atoms with Gasteiger partial charge in [-0.25, -0.2) is 0 Å². The summed E-state index contributed by atoms with van der Waals surface area (Å²) in [6, 6.07) is 17.8. The van der Waals surface area contributed by atoms with Crippen LogP contribution in [0.5, 0.6) is 0 Å². The summed E-state index contributed by atoms with van der Waals surface area (Å²) in [5.41, 5.74) is 2.87. The average molecular weight is 415 g/mol. The Morgan fingerprint density at radius 2 is 2.00 bits per heavy atom. The van der Waals surface area contributed by atoms with Gasteiger partial charge in [0, 0.05) is 6.54 Å². The van der Waals surface area contributed by atoms with E-state index in [0.29, 0.717) is 18.8 Å². The normalized spacial score (nSPS) is 11.1. The van der Waals surface area contributed by atoms with Crippen LogP contribution in [0.2, 0.25) is 0 Å². The van der Waals surface area contributed by atoms with Crippen molar-refractivity contribution in [1.29, 1.82) is 0 Å².